The lowest BCUT2D eigenvalue weighted by molar-refractivity contribution is 0.350. The number of hydrogen-bond donors (Lipinski definition) is 1. The molecule has 0 unspecified atom stereocenters. The molecular formula is C10H9FOS2. The van der Waals surface area contributed by atoms with Crippen molar-refractivity contribution < 1.29 is 9.13 Å². The lowest BCUT2D eigenvalue weighted by atomic mass is 10.2. The number of thiol groups is 1. The van der Waals surface area contributed by atoms with Crippen molar-refractivity contribution in [3.05, 3.63) is 24.0 Å². The average molecular weight is 228 g/mol. The van der Waals surface area contributed by atoms with Gasteiger partial charge in [0.05, 0.1) is 6.61 Å². The Morgan fingerprint density at radius 1 is 1.50 bits per heavy atom. The summed E-state index contributed by atoms with van der Waals surface area (Å²) in [6.07, 6.45) is 0. The number of benzene rings is 1. The van der Waals surface area contributed by atoms with Gasteiger partial charge in [-0.2, -0.15) is 0 Å². The molecule has 4 heteroatoms. The van der Waals surface area contributed by atoms with E-state index in [0.717, 1.165) is 9.76 Å². The fourth-order valence-electron chi connectivity index (χ4n) is 1.26. The molecule has 0 aliphatic heterocycles. The van der Waals surface area contributed by atoms with E-state index in [-0.39, 0.29) is 5.82 Å². The van der Waals surface area contributed by atoms with Crippen LogP contribution in [0.5, 0.6) is 5.06 Å². The fraction of sp³-hybridized carbons (Fsp3) is 0.200. The Hall–Kier alpha value is -0.740. The van der Waals surface area contributed by atoms with Gasteiger partial charge in [-0.3, -0.25) is 0 Å². The molecule has 1 nitrogen and oxygen atoms in total. The third-order valence-electron chi connectivity index (χ3n) is 1.88. The summed E-state index contributed by atoms with van der Waals surface area (Å²) in [4.78, 5) is 0.373. The molecule has 0 spiro atoms. The molecule has 0 aliphatic carbocycles. The monoisotopic (exact) mass is 228 g/mol. The third-order valence-corrected chi connectivity index (χ3v) is 3.24. The van der Waals surface area contributed by atoms with Crippen LogP contribution in [-0.2, 0) is 0 Å². The maximum atomic E-state index is 13.5. The maximum absolute atomic E-state index is 13.5. The van der Waals surface area contributed by atoms with Crippen LogP contribution in [0.1, 0.15) is 6.92 Å². The first-order valence-corrected chi connectivity index (χ1v) is 5.52. The van der Waals surface area contributed by atoms with Gasteiger partial charge in [0.1, 0.15) is 5.82 Å². The van der Waals surface area contributed by atoms with Crippen LogP contribution in [-0.4, -0.2) is 6.61 Å². The van der Waals surface area contributed by atoms with Crippen molar-refractivity contribution >= 4 is 34.1 Å². The Morgan fingerprint density at radius 2 is 2.29 bits per heavy atom. The topological polar surface area (TPSA) is 9.23 Å². The smallest absolute Gasteiger partial charge is 0.175 e. The van der Waals surface area contributed by atoms with Crippen LogP contribution in [0.2, 0.25) is 0 Å². The molecule has 0 aliphatic rings. The lowest BCUT2D eigenvalue weighted by Gasteiger charge is -1.94. The fourth-order valence-corrected chi connectivity index (χ4v) is 2.42. The van der Waals surface area contributed by atoms with E-state index in [4.69, 9.17) is 4.74 Å². The van der Waals surface area contributed by atoms with Gasteiger partial charge in [0.15, 0.2) is 5.06 Å². The molecular weight excluding hydrogens is 219 g/mol. The van der Waals surface area contributed by atoms with E-state index in [1.807, 2.05) is 13.0 Å². The summed E-state index contributed by atoms with van der Waals surface area (Å²) in [6, 6.07) is 5.24. The first-order valence-electron chi connectivity index (χ1n) is 4.26. The van der Waals surface area contributed by atoms with Gasteiger partial charge >= 0.3 is 0 Å². The Kier molecular flexibility index (Phi) is 2.65. The van der Waals surface area contributed by atoms with Gasteiger partial charge in [-0.15, -0.1) is 12.6 Å². The van der Waals surface area contributed by atoms with Gasteiger partial charge in [0.25, 0.3) is 0 Å². The second-order valence-electron chi connectivity index (χ2n) is 2.81. The van der Waals surface area contributed by atoms with Crippen molar-refractivity contribution in [2.24, 2.45) is 0 Å². The van der Waals surface area contributed by atoms with Crippen molar-refractivity contribution in [3.8, 4) is 5.06 Å². The van der Waals surface area contributed by atoms with E-state index >= 15 is 0 Å². The molecule has 0 bridgehead atoms. The Balaban J connectivity index is 2.59. The molecule has 0 amide bonds. The zero-order chi connectivity index (χ0) is 10.1. The average Bonchev–Trinajstić information content (AvgIpc) is 2.56. The summed E-state index contributed by atoms with van der Waals surface area (Å²) >= 11 is 5.47. The molecule has 0 saturated heterocycles. The van der Waals surface area contributed by atoms with Crippen LogP contribution in [0.4, 0.5) is 4.39 Å². The van der Waals surface area contributed by atoms with E-state index in [2.05, 4.69) is 12.6 Å². The Bertz CT molecular complexity index is 464. The number of thiophene rings is 1. The van der Waals surface area contributed by atoms with Crippen LogP contribution < -0.4 is 4.74 Å². The minimum atomic E-state index is -0.270. The third kappa shape index (κ3) is 1.60. The van der Waals surface area contributed by atoms with Crippen molar-refractivity contribution in [2.75, 3.05) is 6.61 Å². The summed E-state index contributed by atoms with van der Waals surface area (Å²) in [5, 5.41) is 1.34. The quantitative estimate of drug-likeness (QED) is 0.771. The van der Waals surface area contributed by atoms with Crippen LogP contribution in [0.3, 0.4) is 0 Å². The summed E-state index contributed by atoms with van der Waals surface area (Å²) in [6.45, 7) is 2.51. The highest BCUT2D eigenvalue weighted by Gasteiger charge is 2.09. The SMILES string of the molecule is CCOc1cc2c(F)c(S)ccc2s1. The van der Waals surface area contributed by atoms with Gasteiger partial charge < -0.3 is 4.74 Å². The molecule has 0 atom stereocenters. The summed E-state index contributed by atoms with van der Waals surface area (Å²) < 4.78 is 19.7. The highest BCUT2D eigenvalue weighted by Crippen LogP contribution is 2.35. The summed E-state index contributed by atoms with van der Waals surface area (Å²) in [5.41, 5.74) is 0. The van der Waals surface area contributed by atoms with E-state index in [1.165, 1.54) is 11.3 Å². The van der Waals surface area contributed by atoms with Gasteiger partial charge in [-0.25, -0.2) is 4.39 Å². The first-order chi connectivity index (χ1) is 6.72. The van der Waals surface area contributed by atoms with Crippen molar-refractivity contribution in [1.29, 1.82) is 0 Å². The van der Waals surface area contributed by atoms with E-state index < -0.39 is 0 Å². The predicted octanol–water partition coefficient (Wildman–Crippen LogP) is 3.73. The molecule has 2 rings (SSSR count). The minimum Gasteiger partial charge on any atom is -0.484 e. The Morgan fingerprint density at radius 3 is 3.00 bits per heavy atom. The molecule has 0 fully saturated rings. The largest absolute Gasteiger partial charge is 0.484 e. The van der Waals surface area contributed by atoms with Crippen LogP contribution in [0.15, 0.2) is 23.1 Å². The molecule has 14 heavy (non-hydrogen) atoms. The van der Waals surface area contributed by atoms with Crippen molar-refractivity contribution in [1.82, 2.24) is 0 Å². The number of fused-ring (bicyclic) bond motifs is 1. The number of hydrogen-bond acceptors (Lipinski definition) is 3. The van der Waals surface area contributed by atoms with E-state index in [1.54, 1.807) is 12.1 Å². The predicted molar refractivity (Wildman–Crippen MR) is 60.2 cm³/mol. The van der Waals surface area contributed by atoms with E-state index in [9.17, 15) is 4.39 Å². The minimum absolute atomic E-state index is 0.270. The lowest BCUT2D eigenvalue weighted by Crippen LogP contribution is -1.86. The van der Waals surface area contributed by atoms with Gasteiger partial charge in [0, 0.05) is 21.0 Å². The first kappa shape index (κ1) is 9.80. The second-order valence-corrected chi connectivity index (χ2v) is 4.34. The van der Waals surface area contributed by atoms with Gasteiger partial charge in [0.2, 0.25) is 0 Å². The van der Waals surface area contributed by atoms with Crippen molar-refractivity contribution in [3.63, 3.8) is 0 Å². The molecule has 2 aromatic rings. The molecule has 0 saturated carbocycles. The van der Waals surface area contributed by atoms with Crippen LogP contribution >= 0.6 is 24.0 Å². The molecule has 74 valence electrons. The van der Waals surface area contributed by atoms with Crippen molar-refractivity contribution in [2.45, 2.75) is 11.8 Å². The standard InChI is InChI=1S/C10H9FOS2/c1-2-12-9-5-6-8(14-9)4-3-7(13)10(6)11/h3-5,13H,2H2,1H3. The highest BCUT2D eigenvalue weighted by atomic mass is 32.1. The maximum Gasteiger partial charge on any atom is 0.175 e. The summed E-state index contributed by atoms with van der Waals surface area (Å²) in [5.74, 6) is -0.270. The molecule has 1 aromatic carbocycles. The van der Waals surface area contributed by atoms with Gasteiger partial charge in [-0.05, 0) is 19.1 Å². The zero-order valence-corrected chi connectivity index (χ0v) is 9.29. The second kappa shape index (κ2) is 3.79. The zero-order valence-electron chi connectivity index (χ0n) is 7.58. The number of rotatable bonds is 2. The van der Waals surface area contributed by atoms with Crippen LogP contribution in [0, 0.1) is 5.82 Å². The number of ether oxygens (including phenoxy) is 1. The molecule has 1 aromatic heterocycles. The molecule has 1 heterocycles. The van der Waals surface area contributed by atoms with Crippen LogP contribution in [0.25, 0.3) is 10.1 Å². The Labute approximate surface area is 90.9 Å². The molecule has 0 radical (unpaired) electrons. The normalized spacial score (nSPS) is 10.8. The summed E-state index contributed by atoms with van der Waals surface area (Å²) in [7, 11) is 0. The number of halogens is 1. The van der Waals surface area contributed by atoms with E-state index in [0.29, 0.717) is 16.9 Å². The highest BCUT2D eigenvalue weighted by molar-refractivity contribution is 7.80. The van der Waals surface area contributed by atoms with Gasteiger partial charge in [-0.1, -0.05) is 11.3 Å². The molecule has 0 N–H and O–H groups in total.